The summed E-state index contributed by atoms with van der Waals surface area (Å²) in [5, 5.41) is 0. The van der Waals surface area contributed by atoms with Gasteiger partial charge in [0, 0.05) is 19.3 Å². The van der Waals surface area contributed by atoms with Gasteiger partial charge in [-0.3, -0.25) is 14.4 Å². The number of carbonyl (C=O) groups excluding carboxylic acids is 3. The fourth-order valence-corrected chi connectivity index (χ4v) is 9.08. The lowest BCUT2D eigenvalue weighted by Gasteiger charge is -2.18. The predicted octanol–water partition coefficient (Wildman–Crippen LogP) is 21.2. The highest BCUT2D eigenvalue weighted by molar-refractivity contribution is 5.71. The van der Waals surface area contributed by atoms with E-state index in [-0.39, 0.29) is 31.1 Å². The minimum Gasteiger partial charge on any atom is -0.462 e. The monoisotopic (exact) mass is 1010 g/mol. The third-order valence-corrected chi connectivity index (χ3v) is 13.8. The van der Waals surface area contributed by atoms with Crippen LogP contribution < -0.4 is 0 Å². The molecule has 0 amide bonds. The Morgan fingerprint density at radius 3 is 0.861 bits per heavy atom. The van der Waals surface area contributed by atoms with E-state index >= 15 is 0 Å². The molecule has 1 unspecified atom stereocenters. The van der Waals surface area contributed by atoms with Gasteiger partial charge in [0.1, 0.15) is 13.2 Å². The highest BCUT2D eigenvalue weighted by atomic mass is 16.6. The third kappa shape index (κ3) is 58.0. The molecule has 6 heteroatoms. The Kier molecular flexibility index (Phi) is 58.2. The number of hydrogen-bond acceptors (Lipinski definition) is 6. The summed E-state index contributed by atoms with van der Waals surface area (Å²) in [7, 11) is 0. The Bertz CT molecular complexity index is 1290. The van der Waals surface area contributed by atoms with Gasteiger partial charge in [0.15, 0.2) is 6.10 Å². The molecule has 0 heterocycles. The van der Waals surface area contributed by atoms with Crippen LogP contribution in [0.5, 0.6) is 0 Å². The van der Waals surface area contributed by atoms with E-state index in [0.29, 0.717) is 19.3 Å². The summed E-state index contributed by atoms with van der Waals surface area (Å²) in [4.78, 5) is 38.3. The molecule has 72 heavy (non-hydrogen) atoms. The first kappa shape index (κ1) is 69.1. The molecular weight excluding hydrogens is 889 g/mol. The molecule has 0 aliphatic carbocycles. The van der Waals surface area contributed by atoms with E-state index in [1.807, 2.05) is 0 Å². The minimum atomic E-state index is -0.777. The van der Waals surface area contributed by atoms with Crippen molar-refractivity contribution in [2.75, 3.05) is 13.2 Å². The van der Waals surface area contributed by atoms with E-state index in [2.05, 4.69) is 81.5 Å². The van der Waals surface area contributed by atoms with Crippen molar-refractivity contribution in [3.8, 4) is 0 Å². The number of esters is 3. The van der Waals surface area contributed by atoms with Crippen LogP contribution in [0.3, 0.4) is 0 Å². The molecule has 6 nitrogen and oxygen atoms in total. The summed E-state index contributed by atoms with van der Waals surface area (Å²) in [6, 6.07) is 0. The van der Waals surface area contributed by atoms with Crippen molar-refractivity contribution in [2.24, 2.45) is 0 Å². The van der Waals surface area contributed by atoms with Gasteiger partial charge in [-0.15, -0.1) is 0 Å². The Hall–Kier alpha value is -2.89. The largest absolute Gasteiger partial charge is 0.462 e. The van der Waals surface area contributed by atoms with Gasteiger partial charge in [-0.25, -0.2) is 0 Å². The van der Waals surface area contributed by atoms with Gasteiger partial charge in [-0.2, -0.15) is 0 Å². The van der Waals surface area contributed by atoms with Gasteiger partial charge in [0.25, 0.3) is 0 Å². The van der Waals surface area contributed by atoms with Gasteiger partial charge >= 0.3 is 17.9 Å². The maximum absolute atomic E-state index is 12.9. The number of ether oxygens (including phenoxy) is 3. The quantitative estimate of drug-likeness (QED) is 0.0261. The molecular formula is C66H118O6. The van der Waals surface area contributed by atoms with Crippen molar-refractivity contribution >= 4 is 17.9 Å². The lowest BCUT2D eigenvalue weighted by Crippen LogP contribution is -2.30. The van der Waals surface area contributed by atoms with Crippen molar-refractivity contribution in [1.29, 1.82) is 0 Å². The Labute approximate surface area is 447 Å². The van der Waals surface area contributed by atoms with Crippen molar-refractivity contribution in [3.05, 3.63) is 60.8 Å². The molecule has 0 aromatic heterocycles. The molecule has 0 bridgehead atoms. The highest BCUT2D eigenvalue weighted by Gasteiger charge is 2.19. The van der Waals surface area contributed by atoms with Crippen LogP contribution in [0.4, 0.5) is 0 Å². The van der Waals surface area contributed by atoms with Gasteiger partial charge in [-0.05, 0) is 83.5 Å². The molecule has 0 spiro atoms. The molecule has 1 atom stereocenters. The first-order chi connectivity index (χ1) is 35.5. The van der Waals surface area contributed by atoms with E-state index in [1.54, 1.807) is 0 Å². The van der Waals surface area contributed by atoms with Gasteiger partial charge in [-0.1, -0.05) is 281 Å². The second kappa shape index (κ2) is 60.7. The van der Waals surface area contributed by atoms with Gasteiger partial charge in [0.05, 0.1) is 0 Å². The lowest BCUT2D eigenvalue weighted by molar-refractivity contribution is -0.167. The summed E-state index contributed by atoms with van der Waals surface area (Å²) in [6.07, 6.45) is 76.5. The molecule has 0 saturated carbocycles. The van der Waals surface area contributed by atoms with E-state index in [0.717, 1.165) is 89.9 Å². The fraction of sp³-hybridized carbons (Fsp3) is 0.803. The maximum Gasteiger partial charge on any atom is 0.306 e. The van der Waals surface area contributed by atoms with E-state index < -0.39 is 6.10 Å². The van der Waals surface area contributed by atoms with Crippen LogP contribution in [0, 0.1) is 0 Å². The van der Waals surface area contributed by atoms with Crippen LogP contribution in [0.25, 0.3) is 0 Å². The molecule has 0 aromatic carbocycles. The zero-order valence-corrected chi connectivity index (χ0v) is 47.9. The van der Waals surface area contributed by atoms with Gasteiger partial charge in [0.2, 0.25) is 0 Å². The predicted molar refractivity (Wildman–Crippen MR) is 312 cm³/mol. The van der Waals surface area contributed by atoms with E-state index in [4.69, 9.17) is 14.2 Å². The number of allylic oxidation sites excluding steroid dienone is 10. The summed E-state index contributed by atoms with van der Waals surface area (Å²) >= 11 is 0. The molecule has 0 aliphatic rings. The normalized spacial score (nSPS) is 12.4. The van der Waals surface area contributed by atoms with Crippen molar-refractivity contribution in [1.82, 2.24) is 0 Å². The topological polar surface area (TPSA) is 78.9 Å². The molecule has 0 N–H and O–H groups in total. The fourth-order valence-electron chi connectivity index (χ4n) is 9.08. The average molecular weight is 1010 g/mol. The molecule has 418 valence electrons. The molecule has 0 radical (unpaired) electrons. The van der Waals surface area contributed by atoms with E-state index in [1.165, 1.54) is 193 Å². The maximum atomic E-state index is 12.9. The van der Waals surface area contributed by atoms with Crippen LogP contribution in [-0.4, -0.2) is 37.2 Å². The van der Waals surface area contributed by atoms with E-state index in [9.17, 15) is 14.4 Å². The minimum absolute atomic E-state index is 0.0757. The third-order valence-electron chi connectivity index (χ3n) is 13.8. The molecule has 0 rings (SSSR count). The Morgan fingerprint density at radius 1 is 0.292 bits per heavy atom. The molecule has 0 fully saturated rings. The second-order valence-electron chi connectivity index (χ2n) is 20.9. The number of carbonyl (C=O) groups is 3. The SMILES string of the molecule is CC/C=C\C/C=C\C/C=C\C/C=C\CCCCCCCCCCCCC(=O)OCC(COC(=O)CCCCCCC/C=C\CCCCCCC)OC(=O)CCCCCCCCCCCCCCCCCCC. The van der Waals surface area contributed by atoms with Crippen molar-refractivity contribution in [3.63, 3.8) is 0 Å². The smallest absolute Gasteiger partial charge is 0.306 e. The zero-order valence-electron chi connectivity index (χ0n) is 47.9. The van der Waals surface area contributed by atoms with Crippen LogP contribution in [0.2, 0.25) is 0 Å². The summed E-state index contributed by atoms with van der Waals surface area (Å²) in [6.45, 7) is 6.55. The Balaban J connectivity index is 4.32. The first-order valence-electron chi connectivity index (χ1n) is 31.3. The van der Waals surface area contributed by atoms with Crippen molar-refractivity contribution in [2.45, 2.75) is 329 Å². The second-order valence-corrected chi connectivity index (χ2v) is 20.9. The molecule has 0 aliphatic heterocycles. The Morgan fingerprint density at radius 2 is 0.542 bits per heavy atom. The van der Waals surface area contributed by atoms with Crippen molar-refractivity contribution < 1.29 is 28.6 Å². The zero-order chi connectivity index (χ0) is 52.2. The standard InChI is InChI=1S/C66H118O6/c1-4-7-10-13-16-19-22-25-28-30-31-32-33-34-35-37-38-41-44-47-50-53-56-59-65(68)71-62-63(61-70-64(67)58-55-52-49-46-43-40-27-24-21-18-15-12-9-6-3)72-66(69)60-57-54-51-48-45-42-39-36-29-26-23-20-17-14-11-8-5-2/h7,10,16,19,24-25,27-28,31-32,63H,4-6,8-9,11-15,17-18,20-23,26,29-30,33-62H2,1-3H3/b10-7-,19-16-,27-24-,28-25-,32-31-. The summed E-state index contributed by atoms with van der Waals surface area (Å²) in [5.41, 5.74) is 0. The van der Waals surface area contributed by atoms with Crippen LogP contribution in [0.15, 0.2) is 60.8 Å². The summed E-state index contributed by atoms with van der Waals surface area (Å²) < 4.78 is 16.9. The average Bonchev–Trinajstić information content (AvgIpc) is 3.38. The highest BCUT2D eigenvalue weighted by Crippen LogP contribution is 2.17. The first-order valence-corrected chi connectivity index (χ1v) is 31.3. The molecule has 0 saturated heterocycles. The van der Waals surface area contributed by atoms with Crippen LogP contribution in [-0.2, 0) is 28.6 Å². The van der Waals surface area contributed by atoms with Crippen LogP contribution >= 0.6 is 0 Å². The van der Waals surface area contributed by atoms with Crippen LogP contribution in [0.1, 0.15) is 323 Å². The van der Waals surface area contributed by atoms with Gasteiger partial charge < -0.3 is 14.2 Å². The summed E-state index contributed by atoms with van der Waals surface area (Å²) in [5.74, 6) is -0.870. The number of hydrogen-bond donors (Lipinski definition) is 0. The number of rotatable bonds is 57. The molecule has 0 aromatic rings. The lowest BCUT2D eigenvalue weighted by atomic mass is 10.0. The number of unbranched alkanes of at least 4 members (excludes halogenated alkanes) is 36.